The van der Waals surface area contributed by atoms with Gasteiger partial charge in [-0.05, 0) is 39.0 Å². The Hall–Kier alpha value is -2.89. The van der Waals surface area contributed by atoms with Crippen LogP contribution in [0, 0.1) is 27.7 Å². The number of hydrogen-bond acceptors (Lipinski definition) is 4. The molecule has 6 heteroatoms. The molecule has 1 N–H and O–H groups in total. The Bertz CT molecular complexity index is 894. The normalized spacial score (nSPS) is 10.9. The third-order valence-electron chi connectivity index (χ3n) is 4.20. The summed E-state index contributed by atoms with van der Waals surface area (Å²) >= 11 is 0. The molecule has 0 aliphatic rings. The number of carbonyl (C=O) groups is 1. The first-order valence-electron chi connectivity index (χ1n) is 8.29. The van der Waals surface area contributed by atoms with Crippen LogP contribution in [0.3, 0.4) is 0 Å². The summed E-state index contributed by atoms with van der Waals surface area (Å²) in [6.45, 7) is 8.12. The van der Waals surface area contributed by atoms with Gasteiger partial charge < -0.3 is 14.3 Å². The van der Waals surface area contributed by atoms with Crippen molar-refractivity contribution in [2.24, 2.45) is 0 Å². The largest absolute Gasteiger partial charge is 0.446 e. The number of amides is 1. The van der Waals surface area contributed by atoms with Gasteiger partial charge in [0, 0.05) is 37.5 Å². The van der Waals surface area contributed by atoms with Crippen molar-refractivity contribution in [1.29, 1.82) is 0 Å². The molecular formula is C19H22N4O2. The fourth-order valence-corrected chi connectivity index (χ4v) is 3.02. The molecule has 0 aromatic carbocycles. The van der Waals surface area contributed by atoms with Crippen molar-refractivity contribution in [2.45, 2.75) is 34.1 Å². The molecule has 0 saturated carbocycles. The zero-order chi connectivity index (χ0) is 18.0. The van der Waals surface area contributed by atoms with Crippen LogP contribution in [-0.4, -0.2) is 27.0 Å². The minimum absolute atomic E-state index is 0.0897. The number of aryl methyl sites for hydroxylation is 3. The molecule has 0 aliphatic carbocycles. The maximum Gasteiger partial charge on any atom is 0.253 e. The lowest BCUT2D eigenvalue weighted by molar-refractivity contribution is 0.0953. The Morgan fingerprint density at radius 3 is 2.68 bits per heavy atom. The summed E-state index contributed by atoms with van der Waals surface area (Å²) in [6.07, 6.45) is 2.39. The summed E-state index contributed by atoms with van der Waals surface area (Å²) < 4.78 is 7.40. The van der Waals surface area contributed by atoms with E-state index in [-0.39, 0.29) is 5.91 Å². The van der Waals surface area contributed by atoms with E-state index in [0.717, 1.165) is 28.7 Å². The Morgan fingerprint density at radius 1 is 1.24 bits per heavy atom. The van der Waals surface area contributed by atoms with Crippen LogP contribution in [0.2, 0.25) is 0 Å². The first-order chi connectivity index (χ1) is 12.0. The van der Waals surface area contributed by atoms with E-state index in [1.807, 2.05) is 56.5 Å². The topological polar surface area (TPSA) is 73.0 Å². The van der Waals surface area contributed by atoms with Gasteiger partial charge in [-0.3, -0.25) is 4.79 Å². The second kappa shape index (κ2) is 6.93. The first kappa shape index (κ1) is 17.0. The van der Waals surface area contributed by atoms with Crippen molar-refractivity contribution in [3.8, 4) is 5.82 Å². The standard InChI is InChI=1S/C19H22N4O2/c1-12-11-16(13(2)23(12)18-7-5-6-9-20-18)19(24)21-10-8-17-14(3)25-15(4)22-17/h5-7,9,11H,8,10H2,1-4H3,(H,21,24). The quantitative estimate of drug-likeness (QED) is 0.776. The summed E-state index contributed by atoms with van der Waals surface area (Å²) in [6, 6.07) is 7.63. The minimum atomic E-state index is -0.0897. The second-order valence-corrected chi connectivity index (χ2v) is 6.05. The molecule has 0 fully saturated rings. The highest BCUT2D eigenvalue weighted by Crippen LogP contribution is 2.19. The highest BCUT2D eigenvalue weighted by molar-refractivity contribution is 5.95. The van der Waals surface area contributed by atoms with Gasteiger partial charge in [-0.15, -0.1) is 0 Å². The smallest absolute Gasteiger partial charge is 0.253 e. The lowest BCUT2D eigenvalue weighted by atomic mass is 10.2. The van der Waals surface area contributed by atoms with Crippen LogP contribution in [0.4, 0.5) is 0 Å². The zero-order valence-corrected chi connectivity index (χ0v) is 15.0. The van der Waals surface area contributed by atoms with E-state index in [1.54, 1.807) is 6.20 Å². The SMILES string of the molecule is Cc1nc(CCNC(=O)c2cc(C)n(-c3ccccn3)c2C)c(C)o1. The molecule has 25 heavy (non-hydrogen) atoms. The summed E-state index contributed by atoms with van der Waals surface area (Å²) in [4.78, 5) is 21.2. The van der Waals surface area contributed by atoms with Crippen LogP contribution in [-0.2, 0) is 6.42 Å². The molecule has 1 amide bonds. The Balaban J connectivity index is 1.72. The highest BCUT2D eigenvalue weighted by Gasteiger charge is 2.17. The molecule has 0 bridgehead atoms. The monoisotopic (exact) mass is 338 g/mol. The molecule has 6 nitrogen and oxygen atoms in total. The van der Waals surface area contributed by atoms with E-state index in [4.69, 9.17) is 4.42 Å². The molecule has 3 aromatic rings. The van der Waals surface area contributed by atoms with Crippen molar-refractivity contribution < 1.29 is 9.21 Å². The van der Waals surface area contributed by atoms with Crippen LogP contribution in [0.5, 0.6) is 0 Å². The summed E-state index contributed by atoms with van der Waals surface area (Å²) in [5.41, 5.74) is 3.40. The Labute approximate surface area is 146 Å². The summed E-state index contributed by atoms with van der Waals surface area (Å²) in [5, 5.41) is 2.96. The van der Waals surface area contributed by atoms with Gasteiger partial charge in [0.15, 0.2) is 5.89 Å². The van der Waals surface area contributed by atoms with Crippen LogP contribution >= 0.6 is 0 Å². The number of carbonyl (C=O) groups excluding carboxylic acids is 1. The van der Waals surface area contributed by atoms with Gasteiger partial charge in [-0.25, -0.2) is 9.97 Å². The molecule has 0 aliphatic heterocycles. The molecule has 0 radical (unpaired) electrons. The zero-order valence-electron chi connectivity index (χ0n) is 15.0. The predicted octanol–water partition coefficient (Wildman–Crippen LogP) is 3.07. The van der Waals surface area contributed by atoms with E-state index in [9.17, 15) is 4.79 Å². The molecule has 3 rings (SSSR count). The molecule has 3 heterocycles. The molecule has 130 valence electrons. The van der Waals surface area contributed by atoms with E-state index in [0.29, 0.717) is 24.4 Å². The van der Waals surface area contributed by atoms with Gasteiger partial charge in [-0.1, -0.05) is 6.07 Å². The first-order valence-corrected chi connectivity index (χ1v) is 8.29. The van der Waals surface area contributed by atoms with E-state index in [2.05, 4.69) is 15.3 Å². The average Bonchev–Trinajstić information content (AvgIpc) is 3.06. The lowest BCUT2D eigenvalue weighted by Crippen LogP contribution is -2.26. The van der Waals surface area contributed by atoms with E-state index >= 15 is 0 Å². The minimum Gasteiger partial charge on any atom is -0.446 e. The molecule has 0 spiro atoms. The van der Waals surface area contributed by atoms with Gasteiger partial charge in [0.25, 0.3) is 5.91 Å². The number of oxazole rings is 1. The average molecular weight is 338 g/mol. The second-order valence-electron chi connectivity index (χ2n) is 6.05. The van der Waals surface area contributed by atoms with Gasteiger partial charge >= 0.3 is 0 Å². The van der Waals surface area contributed by atoms with Crippen LogP contribution in [0.15, 0.2) is 34.9 Å². The van der Waals surface area contributed by atoms with Gasteiger partial charge in [0.1, 0.15) is 11.6 Å². The van der Waals surface area contributed by atoms with Crippen LogP contribution < -0.4 is 5.32 Å². The molecule has 3 aromatic heterocycles. The van der Waals surface area contributed by atoms with Crippen molar-refractivity contribution in [1.82, 2.24) is 19.9 Å². The van der Waals surface area contributed by atoms with E-state index < -0.39 is 0 Å². The van der Waals surface area contributed by atoms with Gasteiger partial charge in [0.05, 0.1) is 11.3 Å². The molecule has 0 saturated heterocycles. The Morgan fingerprint density at radius 2 is 2.04 bits per heavy atom. The maximum absolute atomic E-state index is 12.6. The van der Waals surface area contributed by atoms with Crippen molar-refractivity contribution in [3.63, 3.8) is 0 Å². The molecular weight excluding hydrogens is 316 g/mol. The van der Waals surface area contributed by atoms with Crippen molar-refractivity contribution in [2.75, 3.05) is 6.54 Å². The number of aromatic nitrogens is 3. The molecule has 0 unspecified atom stereocenters. The lowest BCUT2D eigenvalue weighted by Gasteiger charge is -2.08. The van der Waals surface area contributed by atoms with Crippen molar-refractivity contribution in [3.05, 3.63) is 64.8 Å². The van der Waals surface area contributed by atoms with Crippen LogP contribution in [0.1, 0.15) is 39.1 Å². The molecule has 0 atom stereocenters. The fraction of sp³-hybridized carbons (Fsp3) is 0.316. The number of nitrogens with zero attached hydrogens (tertiary/aromatic N) is 3. The maximum atomic E-state index is 12.6. The van der Waals surface area contributed by atoms with Gasteiger partial charge in [0.2, 0.25) is 0 Å². The number of pyridine rings is 1. The van der Waals surface area contributed by atoms with E-state index in [1.165, 1.54) is 0 Å². The Kier molecular flexibility index (Phi) is 4.70. The number of hydrogen-bond donors (Lipinski definition) is 1. The van der Waals surface area contributed by atoms with Crippen LogP contribution in [0.25, 0.3) is 5.82 Å². The number of rotatable bonds is 5. The van der Waals surface area contributed by atoms with Gasteiger partial charge in [-0.2, -0.15) is 0 Å². The highest BCUT2D eigenvalue weighted by atomic mass is 16.4. The third kappa shape index (κ3) is 3.47. The predicted molar refractivity (Wildman–Crippen MR) is 95.1 cm³/mol. The fourth-order valence-electron chi connectivity index (χ4n) is 3.02. The van der Waals surface area contributed by atoms with Crippen molar-refractivity contribution >= 4 is 5.91 Å². The summed E-state index contributed by atoms with van der Waals surface area (Å²) in [7, 11) is 0. The number of nitrogens with one attached hydrogen (secondary N) is 1. The third-order valence-corrected chi connectivity index (χ3v) is 4.20. The summed E-state index contributed by atoms with van der Waals surface area (Å²) in [5.74, 6) is 2.18.